The van der Waals surface area contributed by atoms with Gasteiger partial charge in [0.25, 0.3) is 5.91 Å². The van der Waals surface area contributed by atoms with Gasteiger partial charge in [0.2, 0.25) is 0 Å². The second-order valence-electron chi connectivity index (χ2n) is 8.80. The van der Waals surface area contributed by atoms with E-state index in [1.807, 2.05) is 54.6 Å². The highest BCUT2D eigenvalue weighted by molar-refractivity contribution is 6.08. The first kappa shape index (κ1) is 22.3. The normalized spacial score (nSPS) is 14.6. The van der Waals surface area contributed by atoms with Gasteiger partial charge in [-0.2, -0.15) is 0 Å². The molecule has 0 atom stereocenters. The van der Waals surface area contributed by atoms with Crippen LogP contribution in [0.4, 0.5) is 5.69 Å². The van der Waals surface area contributed by atoms with Gasteiger partial charge in [-0.1, -0.05) is 24.3 Å². The van der Waals surface area contributed by atoms with E-state index in [2.05, 4.69) is 27.2 Å². The van der Waals surface area contributed by atoms with Gasteiger partial charge >= 0.3 is 0 Å². The minimum Gasteiger partial charge on any atom is -0.497 e. The van der Waals surface area contributed by atoms with Crippen molar-refractivity contribution >= 4 is 33.5 Å². The van der Waals surface area contributed by atoms with E-state index in [9.17, 15) is 4.79 Å². The van der Waals surface area contributed by atoms with Crippen molar-refractivity contribution in [3.05, 3.63) is 72.3 Å². The molecule has 6 nitrogen and oxygen atoms in total. The van der Waals surface area contributed by atoms with Gasteiger partial charge in [0, 0.05) is 60.8 Å². The molecule has 0 unspecified atom stereocenters. The highest BCUT2D eigenvalue weighted by Crippen LogP contribution is 2.29. The van der Waals surface area contributed by atoms with Crippen LogP contribution < -0.4 is 15.0 Å². The summed E-state index contributed by atoms with van der Waals surface area (Å²) in [6, 6.07) is 21.9. The van der Waals surface area contributed by atoms with Crippen molar-refractivity contribution in [2.24, 2.45) is 0 Å². The molecule has 1 N–H and O–H groups in total. The quantitative estimate of drug-likeness (QED) is 0.380. The van der Waals surface area contributed by atoms with Gasteiger partial charge in [0.05, 0.1) is 7.11 Å². The smallest absolute Gasteiger partial charge is 0.251 e. The van der Waals surface area contributed by atoms with Crippen LogP contribution in [0, 0.1) is 0 Å². The Morgan fingerprint density at radius 2 is 1.74 bits per heavy atom. The average Bonchev–Trinajstić information content (AvgIpc) is 3.27. The second-order valence-corrected chi connectivity index (χ2v) is 8.80. The van der Waals surface area contributed by atoms with E-state index in [0.29, 0.717) is 12.1 Å². The van der Waals surface area contributed by atoms with Gasteiger partial charge in [-0.25, -0.2) is 0 Å². The zero-order valence-corrected chi connectivity index (χ0v) is 19.6. The summed E-state index contributed by atoms with van der Waals surface area (Å²) < 4.78 is 11.2. The first-order valence-electron chi connectivity index (χ1n) is 12.0. The van der Waals surface area contributed by atoms with Crippen molar-refractivity contribution < 1.29 is 13.9 Å². The minimum atomic E-state index is -0.0286. The molecule has 3 aromatic carbocycles. The number of unbranched alkanes of at least 4 members (excludes halogenated alkanes) is 1. The van der Waals surface area contributed by atoms with Crippen LogP contribution in [0.3, 0.4) is 0 Å². The summed E-state index contributed by atoms with van der Waals surface area (Å²) in [4.78, 5) is 17.6. The number of anilines is 1. The molecule has 4 aromatic rings. The molecule has 0 saturated carbocycles. The number of furan rings is 1. The third-order valence-corrected chi connectivity index (χ3v) is 6.62. The lowest BCUT2D eigenvalue weighted by Crippen LogP contribution is -2.46. The summed E-state index contributed by atoms with van der Waals surface area (Å²) in [5.74, 6) is 0.874. The van der Waals surface area contributed by atoms with Crippen LogP contribution in [0.5, 0.6) is 5.75 Å². The highest BCUT2D eigenvalue weighted by atomic mass is 16.5. The second kappa shape index (κ2) is 10.2. The van der Waals surface area contributed by atoms with E-state index in [4.69, 9.17) is 9.15 Å². The molecule has 1 aliphatic heterocycles. The molecule has 2 heterocycles. The number of benzene rings is 3. The Kier molecular flexibility index (Phi) is 6.67. The Morgan fingerprint density at radius 1 is 0.912 bits per heavy atom. The number of hydrogen-bond donors (Lipinski definition) is 1. The summed E-state index contributed by atoms with van der Waals surface area (Å²) in [5, 5.41) is 5.10. The number of nitrogens with one attached hydrogen (secondary N) is 1. The lowest BCUT2D eigenvalue weighted by atomic mass is 10.1. The Morgan fingerprint density at radius 3 is 2.59 bits per heavy atom. The van der Waals surface area contributed by atoms with Crippen LogP contribution in [-0.4, -0.2) is 57.2 Å². The Hall–Kier alpha value is -3.51. The van der Waals surface area contributed by atoms with Gasteiger partial charge in [-0.05, 0) is 55.8 Å². The molecule has 1 aliphatic rings. The van der Waals surface area contributed by atoms with Crippen LogP contribution in [-0.2, 0) is 0 Å². The van der Waals surface area contributed by atoms with Crippen molar-refractivity contribution in [3.63, 3.8) is 0 Å². The number of methoxy groups -OCH3 is 1. The van der Waals surface area contributed by atoms with E-state index >= 15 is 0 Å². The number of amides is 1. The predicted octanol–water partition coefficient (Wildman–Crippen LogP) is 4.93. The molecular weight excluding hydrogens is 426 g/mol. The number of rotatable bonds is 8. The van der Waals surface area contributed by atoms with Gasteiger partial charge in [-0.3, -0.25) is 9.69 Å². The lowest BCUT2D eigenvalue weighted by molar-refractivity contribution is 0.0952. The zero-order chi connectivity index (χ0) is 23.3. The summed E-state index contributed by atoms with van der Waals surface area (Å²) in [6.45, 7) is 5.91. The van der Waals surface area contributed by atoms with Crippen LogP contribution in [0.1, 0.15) is 23.2 Å². The van der Waals surface area contributed by atoms with Crippen molar-refractivity contribution in [1.29, 1.82) is 0 Å². The van der Waals surface area contributed by atoms with Crippen LogP contribution in [0.2, 0.25) is 0 Å². The molecule has 5 rings (SSSR count). The number of hydrogen-bond acceptors (Lipinski definition) is 5. The molecule has 1 aromatic heterocycles. The Labute approximate surface area is 200 Å². The summed E-state index contributed by atoms with van der Waals surface area (Å²) in [7, 11) is 1.71. The lowest BCUT2D eigenvalue weighted by Gasteiger charge is -2.36. The average molecular weight is 458 g/mol. The topological polar surface area (TPSA) is 58.0 Å². The van der Waals surface area contributed by atoms with Crippen LogP contribution >= 0.6 is 0 Å². The van der Waals surface area contributed by atoms with Crippen LogP contribution in [0.15, 0.2) is 71.1 Å². The number of carbonyl (C=O) groups excluding carboxylic acids is 1. The van der Waals surface area contributed by atoms with Crippen molar-refractivity contribution in [2.75, 3.05) is 51.3 Å². The Bertz CT molecular complexity index is 1270. The van der Waals surface area contributed by atoms with E-state index in [1.165, 1.54) is 5.69 Å². The number of fused-ring (bicyclic) bond motifs is 3. The zero-order valence-electron chi connectivity index (χ0n) is 19.6. The first-order valence-corrected chi connectivity index (χ1v) is 12.0. The number of ether oxygens (including phenoxy) is 1. The van der Waals surface area contributed by atoms with Gasteiger partial charge in [0.1, 0.15) is 16.9 Å². The SMILES string of the molecule is COc1cccc(N2CCN(CCCCNC(=O)c3ccc4oc5ccccc5c4c3)CC2)c1. The number of para-hydroxylation sites is 1. The predicted molar refractivity (Wildman–Crippen MR) is 137 cm³/mol. The van der Waals surface area contributed by atoms with Gasteiger partial charge in [0.15, 0.2) is 0 Å². The summed E-state index contributed by atoms with van der Waals surface area (Å²) in [5.41, 5.74) is 3.56. The fraction of sp³-hybridized carbons (Fsp3) is 0.321. The number of carbonyl (C=O) groups is 1. The molecule has 1 amide bonds. The monoisotopic (exact) mass is 457 g/mol. The molecule has 0 aliphatic carbocycles. The third-order valence-electron chi connectivity index (χ3n) is 6.62. The highest BCUT2D eigenvalue weighted by Gasteiger charge is 2.17. The van der Waals surface area contributed by atoms with Crippen molar-refractivity contribution in [1.82, 2.24) is 10.2 Å². The van der Waals surface area contributed by atoms with Crippen molar-refractivity contribution in [3.8, 4) is 5.75 Å². The molecule has 176 valence electrons. The standard InChI is InChI=1S/C28H31N3O3/c1-33-23-8-6-7-22(20-23)31-17-15-30(16-18-31)14-5-4-13-29-28(32)21-11-12-27-25(19-21)24-9-2-3-10-26(24)34-27/h2-3,6-12,19-20H,4-5,13-18H2,1H3,(H,29,32). The molecule has 0 bridgehead atoms. The maximum atomic E-state index is 12.7. The molecule has 1 saturated heterocycles. The van der Waals surface area contributed by atoms with Gasteiger partial charge in [-0.15, -0.1) is 0 Å². The van der Waals surface area contributed by atoms with Crippen molar-refractivity contribution in [2.45, 2.75) is 12.8 Å². The maximum absolute atomic E-state index is 12.7. The molecule has 34 heavy (non-hydrogen) atoms. The third kappa shape index (κ3) is 4.87. The van der Waals surface area contributed by atoms with E-state index in [0.717, 1.165) is 73.3 Å². The molecule has 6 heteroatoms. The fourth-order valence-electron chi connectivity index (χ4n) is 4.67. The van der Waals surface area contributed by atoms with Crippen LogP contribution in [0.25, 0.3) is 21.9 Å². The molecule has 1 fully saturated rings. The largest absolute Gasteiger partial charge is 0.497 e. The van der Waals surface area contributed by atoms with Gasteiger partial charge < -0.3 is 19.4 Å². The number of nitrogens with zero attached hydrogens (tertiary/aromatic N) is 2. The fourth-order valence-corrected chi connectivity index (χ4v) is 4.67. The minimum absolute atomic E-state index is 0.0286. The molecule has 0 radical (unpaired) electrons. The number of piperazine rings is 1. The van der Waals surface area contributed by atoms with E-state index in [1.54, 1.807) is 7.11 Å². The first-order chi connectivity index (χ1) is 16.7. The van der Waals surface area contributed by atoms with E-state index < -0.39 is 0 Å². The molecule has 0 spiro atoms. The molecular formula is C28H31N3O3. The maximum Gasteiger partial charge on any atom is 0.251 e. The summed E-state index contributed by atoms with van der Waals surface area (Å²) >= 11 is 0. The Balaban J connectivity index is 1.05. The summed E-state index contributed by atoms with van der Waals surface area (Å²) in [6.07, 6.45) is 2.05. The van der Waals surface area contributed by atoms with E-state index in [-0.39, 0.29) is 5.91 Å².